The standard InChI is InChI=1S/C14H20BrNO/c15-12-6-2-1-5-11(12)9-14(10-16)8-4-3-7-13(14)17/h1-2,5-6,13,17H,3-4,7-10,16H2. The van der Waals surface area contributed by atoms with Gasteiger partial charge in [0.1, 0.15) is 0 Å². The topological polar surface area (TPSA) is 46.2 Å². The molecule has 0 saturated heterocycles. The molecule has 3 N–H and O–H groups in total. The molecule has 1 fully saturated rings. The lowest BCUT2D eigenvalue weighted by atomic mass is 9.68. The fourth-order valence-electron chi connectivity index (χ4n) is 2.83. The summed E-state index contributed by atoms with van der Waals surface area (Å²) in [5.74, 6) is 0. The molecule has 94 valence electrons. The van der Waals surface area contributed by atoms with E-state index >= 15 is 0 Å². The lowest BCUT2D eigenvalue weighted by molar-refractivity contribution is -0.00594. The SMILES string of the molecule is NCC1(Cc2ccccc2Br)CCCCC1O. The van der Waals surface area contributed by atoms with Crippen molar-refractivity contribution in [3.05, 3.63) is 34.3 Å². The first-order chi connectivity index (χ1) is 8.18. The molecule has 2 rings (SSSR count). The first-order valence-corrected chi connectivity index (χ1v) is 7.09. The van der Waals surface area contributed by atoms with Gasteiger partial charge in [-0.1, -0.05) is 47.0 Å². The summed E-state index contributed by atoms with van der Waals surface area (Å²) in [6, 6.07) is 8.22. The molecule has 0 aromatic heterocycles. The highest BCUT2D eigenvalue weighted by molar-refractivity contribution is 9.10. The van der Waals surface area contributed by atoms with Gasteiger partial charge in [-0.25, -0.2) is 0 Å². The average molecular weight is 298 g/mol. The maximum atomic E-state index is 10.3. The van der Waals surface area contributed by atoms with Crippen molar-refractivity contribution in [3.63, 3.8) is 0 Å². The molecule has 0 amide bonds. The van der Waals surface area contributed by atoms with Crippen molar-refractivity contribution >= 4 is 15.9 Å². The Labute approximate surface area is 111 Å². The van der Waals surface area contributed by atoms with Crippen LogP contribution in [-0.2, 0) is 6.42 Å². The Morgan fingerprint density at radius 3 is 2.76 bits per heavy atom. The van der Waals surface area contributed by atoms with E-state index in [-0.39, 0.29) is 11.5 Å². The molecular weight excluding hydrogens is 278 g/mol. The van der Waals surface area contributed by atoms with Gasteiger partial charge >= 0.3 is 0 Å². The van der Waals surface area contributed by atoms with E-state index < -0.39 is 0 Å². The molecule has 0 bridgehead atoms. The third-order valence-electron chi connectivity index (χ3n) is 4.02. The summed E-state index contributed by atoms with van der Waals surface area (Å²) in [6.45, 7) is 0.565. The van der Waals surface area contributed by atoms with E-state index in [1.807, 2.05) is 12.1 Å². The molecular formula is C14H20BrNO. The minimum absolute atomic E-state index is 0.123. The molecule has 0 heterocycles. The molecule has 1 aromatic carbocycles. The highest BCUT2D eigenvalue weighted by Crippen LogP contribution is 2.39. The van der Waals surface area contributed by atoms with Gasteiger partial charge in [-0.15, -0.1) is 0 Å². The van der Waals surface area contributed by atoms with E-state index in [9.17, 15) is 5.11 Å². The molecule has 2 unspecified atom stereocenters. The lowest BCUT2D eigenvalue weighted by Crippen LogP contribution is -2.45. The second kappa shape index (κ2) is 5.51. The molecule has 0 aliphatic heterocycles. The number of aliphatic hydroxyl groups excluding tert-OH is 1. The normalized spacial score (nSPS) is 29.2. The van der Waals surface area contributed by atoms with Gasteiger partial charge in [0.2, 0.25) is 0 Å². The van der Waals surface area contributed by atoms with Crippen LogP contribution in [0.15, 0.2) is 28.7 Å². The minimum atomic E-state index is -0.256. The van der Waals surface area contributed by atoms with Gasteiger partial charge in [0.15, 0.2) is 0 Å². The largest absolute Gasteiger partial charge is 0.392 e. The monoisotopic (exact) mass is 297 g/mol. The lowest BCUT2D eigenvalue weighted by Gasteiger charge is -2.41. The van der Waals surface area contributed by atoms with Gasteiger partial charge in [0, 0.05) is 16.4 Å². The molecule has 0 radical (unpaired) electrons. The van der Waals surface area contributed by atoms with Crippen molar-refractivity contribution in [2.24, 2.45) is 11.1 Å². The van der Waals surface area contributed by atoms with Crippen molar-refractivity contribution < 1.29 is 5.11 Å². The second-order valence-corrected chi connectivity index (χ2v) is 5.95. The molecule has 2 nitrogen and oxygen atoms in total. The number of hydrogen-bond donors (Lipinski definition) is 2. The van der Waals surface area contributed by atoms with E-state index in [1.165, 1.54) is 12.0 Å². The van der Waals surface area contributed by atoms with Crippen LogP contribution < -0.4 is 5.73 Å². The summed E-state index contributed by atoms with van der Waals surface area (Å²) in [5.41, 5.74) is 7.08. The molecule has 1 aromatic rings. The molecule has 0 spiro atoms. The molecule has 2 atom stereocenters. The van der Waals surface area contributed by atoms with Crippen molar-refractivity contribution in [2.45, 2.75) is 38.2 Å². The Balaban J connectivity index is 2.22. The quantitative estimate of drug-likeness (QED) is 0.901. The summed E-state index contributed by atoms with van der Waals surface area (Å²) in [7, 11) is 0. The van der Waals surface area contributed by atoms with Crippen molar-refractivity contribution in [2.75, 3.05) is 6.54 Å². The highest BCUT2D eigenvalue weighted by atomic mass is 79.9. The van der Waals surface area contributed by atoms with Gasteiger partial charge in [-0.2, -0.15) is 0 Å². The first-order valence-electron chi connectivity index (χ1n) is 6.29. The Bertz CT molecular complexity index is 382. The van der Waals surface area contributed by atoms with E-state index in [0.717, 1.165) is 30.2 Å². The smallest absolute Gasteiger partial charge is 0.0611 e. The van der Waals surface area contributed by atoms with E-state index in [0.29, 0.717) is 6.54 Å². The van der Waals surface area contributed by atoms with Crippen LogP contribution in [0.3, 0.4) is 0 Å². The van der Waals surface area contributed by atoms with Gasteiger partial charge in [-0.3, -0.25) is 0 Å². The predicted molar refractivity (Wildman–Crippen MR) is 73.8 cm³/mol. The summed E-state index contributed by atoms with van der Waals surface area (Å²) >= 11 is 3.57. The summed E-state index contributed by atoms with van der Waals surface area (Å²) in [4.78, 5) is 0. The van der Waals surface area contributed by atoms with Gasteiger partial charge in [0.25, 0.3) is 0 Å². The van der Waals surface area contributed by atoms with Crippen LogP contribution in [0, 0.1) is 5.41 Å². The number of aliphatic hydroxyl groups is 1. The van der Waals surface area contributed by atoms with Crippen LogP contribution in [0.2, 0.25) is 0 Å². The third-order valence-corrected chi connectivity index (χ3v) is 4.79. The Kier molecular flexibility index (Phi) is 4.23. The fraction of sp³-hybridized carbons (Fsp3) is 0.571. The molecule has 1 aliphatic rings. The Hall–Kier alpha value is -0.380. The van der Waals surface area contributed by atoms with Crippen LogP contribution in [0.5, 0.6) is 0 Å². The van der Waals surface area contributed by atoms with E-state index in [1.54, 1.807) is 0 Å². The number of nitrogens with two attached hydrogens (primary N) is 1. The van der Waals surface area contributed by atoms with E-state index in [2.05, 4.69) is 28.1 Å². The maximum absolute atomic E-state index is 10.3. The average Bonchev–Trinajstić information content (AvgIpc) is 2.35. The molecule has 3 heteroatoms. The number of benzene rings is 1. The number of hydrogen-bond acceptors (Lipinski definition) is 2. The first kappa shape index (κ1) is 13.1. The third kappa shape index (κ3) is 2.72. The number of rotatable bonds is 3. The zero-order chi connectivity index (χ0) is 12.3. The predicted octanol–water partition coefficient (Wildman–Crippen LogP) is 2.87. The van der Waals surface area contributed by atoms with Crippen LogP contribution in [0.1, 0.15) is 31.2 Å². The summed E-state index contributed by atoms with van der Waals surface area (Å²) < 4.78 is 1.12. The molecule has 17 heavy (non-hydrogen) atoms. The second-order valence-electron chi connectivity index (χ2n) is 5.10. The van der Waals surface area contributed by atoms with Gasteiger partial charge in [-0.05, 0) is 30.9 Å². The minimum Gasteiger partial charge on any atom is -0.392 e. The van der Waals surface area contributed by atoms with Crippen molar-refractivity contribution in [1.82, 2.24) is 0 Å². The van der Waals surface area contributed by atoms with Crippen LogP contribution in [-0.4, -0.2) is 17.8 Å². The maximum Gasteiger partial charge on any atom is 0.0611 e. The van der Waals surface area contributed by atoms with Crippen molar-refractivity contribution in [3.8, 4) is 0 Å². The summed E-state index contributed by atoms with van der Waals surface area (Å²) in [5, 5.41) is 10.3. The van der Waals surface area contributed by atoms with Crippen LogP contribution in [0.4, 0.5) is 0 Å². The number of halogens is 1. The van der Waals surface area contributed by atoms with Crippen LogP contribution >= 0.6 is 15.9 Å². The Morgan fingerprint density at radius 1 is 1.35 bits per heavy atom. The van der Waals surface area contributed by atoms with E-state index in [4.69, 9.17) is 5.73 Å². The summed E-state index contributed by atoms with van der Waals surface area (Å²) in [6.07, 6.45) is 4.84. The van der Waals surface area contributed by atoms with Gasteiger partial charge in [0.05, 0.1) is 6.10 Å². The van der Waals surface area contributed by atoms with Crippen molar-refractivity contribution in [1.29, 1.82) is 0 Å². The highest BCUT2D eigenvalue weighted by Gasteiger charge is 2.38. The van der Waals surface area contributed by atoms with Crippen LogP contribution in [0.25, 0.3) is 0 Å². The Morgan fingerprint density at radius 2 is 2.12 bits per heavy atom. The zero-order valence-corrected chi connectivity index (χ0v) is 11.6. The van der Waals surface area contributed by atoms with Gasteiger partial charge < -0.3 is 10.8 Å². The molecule has 1 saturated carbocycles. The zero-order valence-electron chi connectivity index (χ0n) is 10.0. The molecule has 1 aliphatic carbocycles. The fourth-order valence-corrected chi connectivity index (χ4v) is 3.25.